The number of fused-ring (bicyclic) bond motifs is 2. The van der Waals surface area contributed by atoms with Gasteiger partial charge in [-0.15, -0.1) is 0 Å². The van der Waals surface area contributed by atoms with Gasteiger partial charge in [0.05, 0.1) is 0 Å². The van der Waals surface area contributed by atoms with Gasteiger partial charge in [-0.25, -0.2) is 9.59 Å². The third kappa shape index (κ3) is 11.2. The summed E-state index contributed by atoms with van der Waals surface area (Å²) in [7, 11) is 0. The SMILES string of the molecule is CC(=O)c1cccc(C(=O)NCc2cccc(-c3cccc(CN4C[C@@H]5C[C@H]4CN5)c3)c2)c1.O=C(O)C(F)(F)F.O=C(O)C(F)(F)F. The lowest BCUT2D eigenvalue weighted by Crippen LogP contribution is -2.42. The Bertz CT molecular complexity index is 1570. The molecule has 0 unspecified atom stereocenters. The molecule has 15 heteroatoms. The number of nitrogens with zero attached hydrogens (tertiary/aromatic N) is 1. The summed E-state index contributed by atoms with van der Waals surface area (Å²) in [6.45, 7) is 5.17. The van der Waals surface area contributed by atoms with E-state index < -0.39 is 24.3 Å². The summed E-state index contributed by atoms with van der Waals surface area (Å²) in [4.78, 5) is 44.6. The highest BCUT2D eigenvalue weighted by molar-refractivity contribution is 5.99. The number of likely N-dealkylation sites (tertiary alicyclic amines) is 1. The van der Waals surface area contributed by atoms with Crippen molar-refractivity contribution >= 4 is 23.6 Å². The van der Waals surface area contributed by atoms with E-state index in [1.54, 1.807) is 24.3 Å². The van der Waals surface area contributed by atoms with Crippen molar-refractivity contribution < 1.29 is 55.7 Å². The molecule has 2 atom stereocenters. The Morgan fingerprint density at radius 2 is 1.32 bits per heavy atom. The first kappa shape index (κ1) is 36.7. The number of piperazine rings is 1. The lowest BCUT2D eigenvalue weighted by atomic mass is 10.0. The fourth-order valence-electron chi connectivity index (χ4n) is 4.95. The van der Waals surface area contributed by atoms with Gasteiger partial charge in [0.2, 0.25) is 0 Å². The number of rotatable bonds is 7. The molecule has 3 aromatic carbocycles. The minimum atomic E-state index is -5.08. The van der Waals surface area contributed by atoms with Crippen LogP contribution >= 0.6 is 0 Å². The number of carbonyl (C=O) groups is 4. The van der Waals surface area contributed by atoms with Crippen LogP contribution in [0.3, 0.4) is 0 Å². The third-order valence-corrected chi connectivity index (χ3v) is 7.21. The normalized spacial score (nSPS) is 17.1. The molecule has 1 amide bonds. The number of carbonyl (C=O) groups excluding carboxylic acids is 2. The maximum Gasteiger partial charge on any atom is 0.490 e. The highest BCUT2D eigenvalue weighted by Gasteiger charge is 2.39. The maximum atomic E-state index is 12.6. The van der Waals surface area contributed by atoms with E-state index in [9.17, 15) is 35.9 Å². The number of amides is 1. The number of benzene rings is 3. The van der Waals surface area contributed by atoms with Gasteiger partial charge in [0, 0.05) is 49.4 Å². The molecule has 9 nitrogen and oxygen atoms in total. The molecular formula is C32H31F6N3O6. The number of aliphatic carboxylic acids is 2. The average molecular weight is 668 g/mol. The molecule has 2 bridgehead atoms. The van der Waals surface area contributed by atoms with Crippen LogP contribution in [0.4, 0.5) is 26.3 Å². The molecule has 0 aromatic heterocycles. The van der Waals surface area contributed by atoms with E-state index in [1.165, 1.54) is 24.5 Å². The minimum Gasteiger partial charge on any atom is -0.475 e. The first-order chi connectivity index (χ1) is 21.9. The molecule has 0 spiro atoms. The fourth-order valence-corrected chi connectivity index (χ4v) is 4.95. The molecule has 0 radical (unpaired) electrons. The Morgan fingerprint density at radius 1 is 0.809 bits per heavy atom. The largest absolute Gasteiger partial charge is 0.490 e. The number of Topliss-reactive ketones (excluding diaryl/α,β-unsaturated/α-hetero) is 1. The van der Waals surface area contributed by atoms with E-state index in [0.717, 1.165) is 30.8 Å². The van der Waals surface area contributed by atoms with Crippen molar-refractivity contribution in [2.24, 2.45) is 0 Å². The number of carboxylic acids is 2. The number of hydrogen-bond acceptors (Lipinski definition) is 6. The quantitative estimate of drug-likeness (QED) is 0.197. The molecule has 47 heavy (non-hydrogen) atoms. The van der Waals surface area contributed by atoms with Crippen LogP contribution in [0.15, 0.2) is 72.8 Å². The molecule has 0 saturated carbocycles. The van der Waals surface area contributed by atoms with Crippen LogP contribution in [0.2, 0.25) is 0 Å². The summed E-state index contributed by atoms with van der Waals surface area (Å²) in [5, 5.41) is 20.8. The number of alkyl halides is 6. The molecule has 2 fully saturated rings. The number of hydrogen-bond donors (Lipinski definition) is 4. The van der Waals surface area contributed by atoms with Gasteiger partial charge in [-0.05, 0) is 59.9 Å². The van der Waals surface area contributed by atoms with Crippen molar-refractivity contribution in [3.8, 4) is 11.1 Å². The summed E-state index contributed by atoms with van der Waals surface area (Å²) < 4.78 is 63.5. The van der Waals surface area contributed by atoms with Gasteiger partial charge in [-0.2, -0.15) is 26.3 Å². The van der Waals surface area contributed by atoms with Crippen LogP contribution < -0.4 is 10.6 Å². The molecule has 5 rings (SSSR count). The van der Waals surface area contributed by atoms with E-state index in [1.807, 2.05) is 12.1 Å². The number of halogens is 6. The summed E-state index contributed by atoms with van der Waals surface area (Å²) in [5.74, 6) is -5.74. The molecule has 2 aliphatic heterocycles. The van der Waals surface area contributed by atoms with Gasteiger partial charge in [0.1, 0.15) is 0 Å². The summed E-state index contributed by atoms with van der Waals surface area (Å²) in [6, 6.07) is 25.2. The van der Waals surface area contributed by atoms with Crippen molar-refractivity contribution in [3.05, 3.63) is 95.1 Å². The van der Waals surface area contributed by atoms with Gasteiger partial charge in [0.15, 0.2) is 5.78 Å². The van der Waals surface area contributed by atoms with Crippen molar-refractivity contribution in [1.29, 1.82) is 0 Å². The standard InChI is InChI=1S/C28H29N3O2.2C2HF3O2/c1-19(32)22-7-4-10-25(13-22)28(33)30-15-20-5-2-8-23(11-20)24-9-3-6-21(12-24)17-31-18-26-14-27(31)16-29-26;2*3-2(4,5)1(6)7/h2-13,26-27,29H,14-18H2,1H3,(H,30,33);2*(H,6,7)/t26-,27-;;/m0../s1. The van der Waals surface area contributed by atoms with E-state index in [-0.39, 0.29) is 11.7 Å². The Hall–Kier alpha value is -4.76. The lowest BCUT2D eigenvalue weighted by molar-refractivity contribution is -0.193. The first-order valence-electron chi connectivity index (χ1n) is 14.1. The highest BCUT2D eigenvalue weighted by Crippen LogP contribution is 2.27. The molecule has 2 saturated heterocycles. The molecule has 252 valence electrons. The fraction of sp³-hybridized carbons (Fsp3) is 0.312. The van der Waals surface area contributed by atoms with E-state index in [0.29, 0.717) is 29.8 Å². The van der Waals surface area contributed by atoms with Gasteiger partial charge in [0.25, 0.3) is 5.91 Å². The van der Waals surface area contributed by atoms with E-state index in [2.05, 4.69) is 51.9 Å². The first-order valence-corrected chi connectivity index (χ1v) is 14.1. The Morgan fingerprint density at radius 3 is 1.81 bits per heavy atom. The second-order valence-electron chi connectivity index (χ2n) is 10.8. The van der Waals surface area contributed by atoms with Gasteiger partial charge >= 0.3 is 24.3 Å². The lowest BCUT2D eigenvalue weighted by Gasteiger charge is -2.27. The zero-order valence-electron chi connectivity index (χ0n) is 24.9. The van der Waals surface area contributed by atoms with Crippen molar-refractivity contribution in [2.45, 2.75) is 50.9 Å². The maximum absolute atomic E-state index is 12.6. The molecule has 3 aromatic rings. The van der Waals surface area contributed by atoms with Crippen molar-refractivity contribution in [3.63, 3.8) is 0 Å². The predicted molar refractivity (Wildman–Crippen MR) is 157 cm³/mol. The van der Waals surface area contributed by atoms with Crippen LogP contribution in [0.25, 0.3) is 11.1 Å². The number of carboxylic acid groups (broad SMARTS) is 2. The van der Waals surface area contributed by atoms with Gasteiger partial charge < -0.3 is 20.8 Å². The van der Waals surface area contributed by atoms with Gasteiger partial charge in [-0.1, -0.05) is 48.5 Å². The average Bonchev–Trinajstić information content (AvgIpc) is 3.63. The topological polar surface area (TPSA) is 136 Å². The monoisotopic (exact) mass is 667 g/mol. The number of ketones is 1. The van der Waals surface area contributed by atoms with Crippen LogP contribution in [-0.4, -0.2) is 76.3 Å². The zero-order valence-corrected chi connectivity index (χ0v) is 24.9. The van der Waals surface area contributed by atoms with E-state index in [4.69, 9.17) is 19.8 Å². The second-order valence-corrected chi connectivity index (χ2v) is 10.8. The highest BCUT2D eigenvalue weighted by atomic mass is 19.4. The predicted octanol–water partition coefficient (Wildman–Crippen LogP) is 5.30. The molecule has 4 N–H and O–H groups in total. The number of nitrogens with one attached hydrogen (secondary N) is 2. The molecule has 2 aliphatic rings. The molecular weight excluding hydrogens is 636 g/mol. The summed E-state index contributed by atoms with van der Waals surface area (Å²) in [6.07, 6.45) is -8.90. The summed E-state index contributed by atoms with van der Waals surface area (Å²) >= 11 is 0. The Labute approximate surface area is 265 Å². The van der Waals surface area contributed by atoms with Crippen LogP contribution in [0, 0.1) is 0 Å². The molecule has 0 aliphatic carbocycles. The molecule has 2 heterocycles. The Balaban J connectivity index is 0.000000360. The second kappa shape index (κ2) is 15.7. The van der Waals surface area contributed by atoms with Crippen molar-refractivity contribution in [2.75, 3.05) is 13.1 Å². The van der Waals surface area contributed by atoms with Crippen LogP contribution in [-0.2, 0) is 22.7 Å². The minimum absolute atomic E-state index is 0.0477. The third-order valence-electron chi connectivity index (χ3n) is 7.21. The van der Waals surface area contributed by atoms with Gasteiger partial charge in [-0.3, -0.25) is 14.5 Å². The summed E-state index contributed by atoms with van der Waals surface area (Å²) in [5.41, 5.74) is 5.75. The van der Waals surface area contributed by atoms with Crippen molar-refractivity contribution in [1.82, 2.24) is 15.5 Å². The Kier molecular flexibility index (Phi) is 12.3. The smallest absolute Gasteiger partial charge is 0.475 e. The van der Waals surface area contributed by atoms with Crippen LogP contribution in [0.1, 0.15) is 45.2 Å². The zero-order chi connectivity index (χ0) is 34.9. The van der Waals surface area contributed by atoms with Crippen LogP contribution in [0.5, 0.6) is 0 Å². The van der Waals surface area contributed by atoms with E-state index >= 15 is 0 Å².